The van der Waals surface area contributed by atoms with E-state index in [0.717, 1.165) is 49.9 Å². The molecule has 2 aromatic rings. The van der Waals surface area contributed by atoms with E-state index >= 15 is 0 Å². The standard InChI is InChI=1S/C15H27N5S/c1-5-7-19(9-8-18(3)4)14-13(12-16-6-2)20-10-11-21-15(20)17-14/h10-11,16H,5-9,12H2,1-4H3. The third kappa shape index (κ3) is 3.96. The number of likely N-dealkylation sites (N-methyl/N-ethyl adjacent to an activating group) is 1. The predicted octanol–water partition coefficient (Wildman–Crippen LogP) is 2.28. The maximum Gasteiger partial charge on any atom is 0.195 e. The highest BCUT2D eigenvalue weighted by molar-refractivity contribution is 7.15. The Hall–Kier alpha value is -1.11. The zero-order valence-electron chi connectivity index (χ0n) is 13.6. The topological polar surface area (TPSA) is 35.8 Å². The smallest absolute Gasteiger partial charge is 0.195 e. The second-order valence-corrected chi connectivity index (χ2v) is 6.38. The Balaban J connectivity index is 2.28. The molecule has 0 radical (unpaired) electrons. The normalized spacial score (nSPS) is 11.7. The summed E-state index contributed by atoms with van der Waals surface area (Å²) in [6.07, 6.45) is 3.26. The van der Waals surface area contributed by atoms with Crippen molar-refractivity contribution < 1.29 is 0 Å². The van der Waals surface area contributed by atoms with Crippen molar-refractivity contribution in [2.24, 2.45) is 0 Å². The van der Waals surface area contributed by atoms with Gasteiger partial charge < -0.3 is 15.1 Å². The van der Waals surface area contributed by atoms with Gasteiger partial charge in [-0.15, -0.1) is 11.3 Å². The lowest BCUT2D eigenvalue weighted by molar-refractivity contribution is 0.412. The molecule has 6 heteroatoms. The number of rotatable bonds is 9. The molecule has 1 N–H and O–H groups in total. The third-order valence-electron chi connectivity index (χ3n) is 3.49. The third-order valence-corrected chi connectivity index (χ3v) is 4.25. The van der Waals surface area contributed by atoms with Crippen LogP contribution in [-0.2, 0) is 6.54 Å². The Morgan fingerprint density at radius 2 is 2.05 bits per heavy atom. The van der Waals surface area contributed by atoms with Crippen molar-refractivity contribution in [2.75, 3.05) is 45.2 Å². The summed E-state index contributed by atoms with van der Waals surface area (Å²) in [6.45, 7) is 9.33. The first-order valence-corrected chi connectivity index (χ1v) is 8.60. The molecule has 21 heavy (non-hydrogen) atoms. The molecule has 2 heterocycles. The zero-order chi connectivity index (χ0) is 15.2. The lowest BCUT2D eigenvalue weighted by atomic mass is 10.3. The minimum absolute atomic E-state index is 0.867. The molecule has 0 atom stereocenters. The fourth-order valence-electron chi connectivity index (χ4n) is 2.40. The molecule has 0 amide bonds. The van der Waals surface area contributed by atoms with Gasteiger partial charge >= 0.3 is 0 Å². The van der Waals surface area contributed by atoms with Crippen molar-refractivity contribution in [2.45, 2.75) is 26.8 Å². The van der Waals surface area contributed by atoms with Crippen LogP contribution >= 0.6 is 11.3 Å². The minimum atomic E-state index is 0.867. The Kier molecular flexibility index (Phi) is 6.02. The molecule has 2 rings (SSSR count). The second-order valence-electron chi connectivity index (χ2n) is 5.51. The number of hydrogen-bond donors (Lipinski definition) is 1. The van der Waals surface area contributed by atoms with E-state index in [-0.39, 0.29) is 0 Å². The highest BCUT2D eigenvalue weighted by Crippen LogP contribution is 2.25. The minimum Gasteiger partial charge on any atom is -0.354 e. The number of anilines is 1. The molecule has 0 spiro atoms. The first kappa shape index (κ1) is 16.3. The summed E-state index contributed by atoms with van der Waals surface area (Å²) in [5, 5.41) is 5.54. The van der Waals surface area contributed by atoms with E-state index in [9.17, 15) is 0 Å². The molecule has 0 bridgehead atoms. The van der Waals surface area contributed by atoms with Crippen LogP contribution in [0.2, 0.25) is 0 Å². The quantitative estimate of drug-likeness (QED) is 0.771. The van der Waals surface area contributed by atoms with Crippen LogP contribution in [0.15, 0.2) is 11.6 Å². The maximum atomic E-state index is 4.87. The number of imidazole rings is 1. The first-order chi connectivity index (χ1) is 10.2. The molecular formula is C15H27N5S. The van der Waals surface area contributed by atoms with E-state index in [4.69, 9.17) is 4.98 Å². The average Bonchev–Trinajstić information content (AvgIpc) is 3.02. The molecule has 5 nitrogen and oxygen atoms in total. The van der Waals surface area contributed by atoms with E-state index in [0.29, 0.717) is 0 Å². The van der Waals surface area contributed by atoms with Crippen molar-refractivity contribution in [1.82, 2.24) is 19.6 Å². The SMILES string of the molecule is CCCN(CCN(C)C)c1nc2sccn2c1CNCC. The second kappa shape index (κ2) is 7.77. The van der Waals surface area contributed by atoms with Gasteiger partial charge in [0.15, 0.2) is 10.8 Å². The van der Waals surface area contributed by atoms with Crippen LogP contribution in [0, 0.1) is 0 Å². The maximum absolute atomic E-state index is 4.87. The highest BCUT2D eigenvalue weighted by Gasteiger charge is 2.18. The highest BCUT2D eigenvalue weighted by atomic mass is 32.1. The van der Waals surface area contributed by atoms with Crippen LogP contribution in [0.4, 0.5) is 5.82 Å². The number of nitrogens with zero attached hydrogens (tertiary/aromatic N) is 4. The van der Waals surface area contributed by atoms with Crippen molar-refractivity contribution in [3.8, 4) is 0 Å². The molecule has 0 aliphatic carbocycles. The van der Waals surface area contributed by atoms with Crippen LogP contribution in [-0.4, -0.2) is 54.6 Å². The summed E-state index contributed by atoms with van der Waals surface area (Å²) in [6, 6.07) is 0. The first-order valence-electron chi connectivity index (χ1n) is 7.72. The van der Waals surface area contributed by atoms with Gasteiger partial charge in [-0.1, -0.05) is 13.8 Å². The number of aromatic nitrogens is 2. The summed E-state index contributed by atoms with van der Waals surface area (Å²) in [5.74, 6) is 1.14. The molecule has 118 valence electrons. The van der Waals surface area contributed by atoms with Gasteiger partial charge in [0.1, 0.15) is 0 Å². The van der Waals surface area contributed by atoms with Crippen LogP contribution in [0.1, 0.15) is 26.0 Å². The number of thiazole rings is 1. The van der Waals surface area contributed by atoms with Gasteiger partial charge in [0.2, 0.25) is 0 Å². The van der Waals surface area contributed by atoms with E-state index in [2.05, 4.69) is 59.0 Å². The van der Waals surface area contributed by atoms with E-state index < -0.39 is 0 Å². The largest absolute Gasteiger partial charge is 0.354 e. The van der Waals surface area contributed by atoms with Crippen molar-refractivity contribution >= 4 is 22.1 Å². The monoisotopic (exact) mass is 309 g/mol. The van der Waals surface area contributed by atoms with Crippen LogP contribution < -0.4 is 10.2 Å². The van der Waals surface area contributed by atoms with Crippen LogP contribution in [0.3, 0.4) is 0 Å². The number of hydrogen-bond acceptors (Lipinski definition) is 5. The predicted molar refractivity (Wildman–Crippen MR) is 91.5 cm³/mol. The lowest BCUT2D eigenvalue weighted by Crippen LogP contribution is -2.33. The van der Waals surface area contributed by atoms with Gasteiger partial charge in [-0.05, 0) is 27.1 Å². The summed E-state index contributed by atoms with van der Waals surface area (Å²) < 4.78 is 2.22. The van der Waals surface area contributed by atoms with E-state index in [1.807, 2.05) is 0 Å². The van der Waals surface area contributed by atoms with E-state index in [1.54, 1.807) is 11.3 Å². The molecule has 0 fully saturated rings. The van der Waals surface area contributed by atoms with E-state index in [1.165, 1.54) is 5.69 Å². The molecule has 0 saturated heterocycles. The molecule has 0 aliphatic rings. The molecule has 0 saturated carbocycles. The fraction of sp³-hybridized carbons (Fsp3) is 0.667. The summed E-state index contributed by atoms with van der Waals surface area (Å²) in [5.41, 5.74) is 1.28. The van der Waals surface area contributed by atoms with Gasteiger partial charge in [0.05, 0.1) is 5.69 Å². The average molecular weight is 309 g/mol. The number of nitrogens with one attached hydrogen (secondary N) is 1. The number of fused-ring (bicyclic) bond motifs is 1. The zero-order valence-corrected chi connectivity index (χ0v) is 14.4. The molecule has 0 aliphatic heterocycles. The molecular weight excluding hydrogens is 282 g/mol. The Morgan fingerprint density at radius 1 is 1.24 bits per heavy atom. The van der Waals surface area contributed by atoms with Crippen LogP contribution in [0.5, 0.6) is 0 Å². The van der Waals surface area contributed by atoms with Crippen molar-refractivity contribution in [3.63, 3.8) is 0 Å². The van der Waals surface area contributed by atoms with Gasteiger partial charge in [-0.3, -0.25) is 4.40 Å². The van der Waals surface area contributed by atoms with Gasteiger partial charge in [-0.2, -0.15) is 0 Å². The van der Waals surface area contributed by atoms with Gasteiger partial charge in [-0.25, -0.2) is 4.98 Å². The molecule has 0 unspecified atom stereocenters. The van der Waals surface area contributed by atoms with Crippen LogP contribution in [0.25, 0.3) is 4.96 Å². The Bertz CT molecular complexity index is 545. The lowest BCUT2D eigenvalue weighted by Gasteiger charge is -2.25. The Labute approximate surface area is 131 Å². The van der Waals surface area contributed by atoms with Crippen molar-refractivity contribution in [3.05, 3.63) is 17.3 Å². The molecule has 0 aromatic carbocycles. The van der Waals surface area contributed by atoms with Gasteiger partial charge in [0, 0.05) is 37.8 Å². The summed E-state index contributed by atoms with van der Waals surface area (Å²) in [4.78, 5) is 10.6. The summed E-state index contributed by atoms with van der Waals surface area (Å²) in [7, 11) is 4.24. The molecule has 2 aromatic heterocycles. The Morgan fingerprint density at radius 3 is 2.71 bits per heavy atom. The van der Waals surface area contributed by atoms with Gasteiger partial charge in [0.25, 0.3) is 0 Å². The van der Waals surface area contributed by atoms with Crippen molar-refractivity contribution in [1.29, 1.82) is 0 Å². The summed E-state index contributed by atoms with van der Waals surface area (Å²) >= 11 is 1.70. The fourth-order valence-corrected chi connectivity index (χ4v) is 3.12.